The summed E-state index contributed by atoms with van der Waals surface area (Å²) < 4.78 is 7.10. The number of carbonyl (C=O) groups is 1. The Morgan fingerprint density at radius 3 is 2.50 bits per heavy atom. The number of ketones is 1. The van der Waals surface area contributed by atoms with Crippen LogP contribution in [0.1, 0.15) is 32.4 Å². The van der Waals surface area contributed by atoms with Gasteiger partial charge in [-0.1, -0.05) is 13.8 Å². The van der Waals surface area contributed by atoms with Gasteiger partial charge in [0.2, 0.25) is 0 Å². The lowest BCUT2D eigenvalue weighted by molar-refractivity contribution is -0.141. The van der Waals surface area contributed by atoms with Gasteiger partial charge >= 0.3 is 0 Å². The molecule has 0 saturated heterocycles. The van der Waals surface area contributed by atoms with Crippen molar-refractivity contribution in [3.05, 3.63) is 18.0 Å². The van der Waals surface area contributed by atoms with Crippen molar-refractivity contribution >= 4 is 5.78 Å². The van der Waals surface area contributed by atoms with E-state index in [-0.39, 0.29) is 5.78 Å². The van der Waals surface area contributed by atoms with Gasteiger partial charge < -0.3 is 4.74 Å². The molecular formula is C12H20N2O2. The highest BCUT2D eigenvalue weighted by molar-refractivity contribution is 5.88. The molecule has 1 aromatic rings. The first kappa shape index (κ1) is 12.9. The van der Waals surface area contributed by atoms with Crippen LogP contribution in [0.3, 0.4) is 0 Å². The number of ether oxygens (including phenoxy) is 1. The maximum absolute atomic E-state index is 12.2. The number of aromatic nitrogens is 2. The Bertz CT molecular complexity index is 345. The zero-order valence-electron chi connectivity index (χ0n) is 10.5. The van der Waals surface area contributed by atoms with E-state index < -0.39 is 5.60 Å². The van der Waals surface area contributed by atoms with Gasteiger partial charge in [0.1, 0.15) is 5.60 Å². The SMILES string of the molecule is CCC(CC)(OC)C(=O)Cc1ccn(C)n1. The fourth-order valence-electron chi connectivity index (χ4n) is 1.93. The zero-order chi connectivity index (χ0) is 12.2. The monoisotopic (exact) mass is 224 g/mol. The third-order valence-electron chi connectivity index (χ3n) is 3.15. The van der Waals surface area contributed by atoms with Gasteiger partial charge in [0.15, 0.2) is 5.78 Å². The van der Waals surface area contributed by atoms with E-state index in [1.807, 2.05) is 33.2 Å². The summed E-state index contributed by atoms with van der Waals surface area (Å²) in [5.41, 5.74) is 0.160. The van der Waals surface area contributed by atoms with Crippen molar-refractivity contribution in [3.8, 4) is 0 Å². The number of nitrogens with zero attached hydrogens (tertiary/aromatic N) is 2. The molecule has 0 unspecified atom stereocenters. The molecule has 90 valence electrons. The lowest BCUT2D eigenvalue weighted by Gasteiger charge is -2.28. The Labute approximate surface area is 96.6 Å². The van der Waals surface area contributed by atoms with E-state index in [2.05, 4.69) is 5.10 Å². The maximum atomic E-state index is 12.2. The van der Waals surface area contributed by atoms with E-state index in [0.717, 1.165) is 5.69 Å². The summed E-state index contributed by atoms with van der Waals surface area (Å²) in [5, 5.41) is 4.21. The molecule has 1 aromatic heterocycles. The lowest BCUT2D eigenvalue weighted by atomic mass is 9.89. The summed E-state index contributed by atoms with van der Waals surface area (Å²) in [4.78, 5) is 12.2. The third kappa shape index (κ3) is 2.50. The van der Waals surface area contributed by atoms with Crippen molar-refractivity contribution in [3.63, 3.8) is 0 Å². The summed E-state index contributed by atoms with van der Waals surface area (Å²) in [6.07, 6.45) is 3.59. The highest BCUT2D eigenvalue weighted by Crippen LogP contribution is 2.22. The maximum Gasteiger partial charge on any atom is 0.170 e. The van der Waals surface area contributed by atoms with Crippen LogP contribution in [0.2, 0.25) is 0 Å². The van der Waals surface area contributed by atoms with E-state index >= 15 is 0 Å². The molecule has 0 amide bonds. The minimum absolute atomic E-state index is 0.110. The molecule has 1 heterocycles. The standard InChI is InChI=1S/C12H20N2O2/c1-5-12(6-2,16-4)11(15)9-10-7-8-14(3)13-10/h7-8H,5-6,9H2,1-4H3. The second kappa shape index (κ2) is 5.25. The number of aryl methyl sites for hydroxylation is 1. The van der Waals surface area contributed by atoms with Crippen molar-refractivity contribution in [1.29, 1.82) is 0 Å². The highest BCUT2D eigenvalue weighted by Gasteiger charge is 2.34. The highest BCUT2D eigenvalue weighted by atomic mass is 16.5. The summed E-state index contributed by atoms with van der Waals surface area (Å²) in [6.45, 7) is 3.95. The number of rotatable bonds is 6. The molecule has 0 radical (unpaired) electrons. The van der Waals surface area contributed by atoms with Crippen LogP contribution < -0.4 is 0 Å². The fourth-order valence-corrected chi connectivity index (χ4v) is 1.93. The van der Waals surface area contributed by atoms with Crippen LogP contribution in [-0.2, 0) is 23.0 Å². The molecule has 0 bridgehead atoms. The van der Waals surface area contributed by atoms with Crippen molar-refractivity contribution < 1.29 is 9.53 Å². The summed E-state index contributed by atoms with van der Waals surface area (Å²) >= 11 is 0. The predicted molar refractivity (Wildman–Crippen MR) is 62.2 cm³/mol. The van der Waals surface area contributed by atoms with Crippen LogP contribution in [0.4, 0.5) is 0 Å². The van der Waals surface area contributed by atoms with Crippen molar-refractivity contribution in [2.75, 3.05) is 7.11 Å². The lowest BCUT2D eigenvalue weighted by Crippen LogP contribution is -2.40. The topological polar surface area (TPSA) is 44.1 Å². The van der Waals surface area contributed by atoms with Crippen LogP contribution in [0, 0.1) is 0 Å². The molecule has 0 N–H and O–H groups in total. The molecule has 0 aliphatic rings. The normalized spacial score (nSPS) is 11.8. The molecule has 4 nitrogen and oxygen atoms in total. The van der Waals surface area contributed by atoms with Crippen molar-refractivity contribution in [2.45, 2.75) is 38.7 Å². The summed E-state index contributed by atoms with van der Waals surface area (Å²) in [5.74, 6) is 0.110. The van der Waals surface area contributed by atoms with Gasteiger partial charge in [0.25, 0.3) is 0 Å². The number of methoxy groups -OCH3 is 1. The molecule has 16 heavy (non-hydrogen) atoms. The van der Waals surface area contributed by atoms with Gasteiger partial charge in [0.05, 0.1) is 12.1 Å². The van der Waals surface area contributed by atoms with E-state index in [9.17, 15) is 4.79 Å². The van der Waals surface area contributed by atoms with Gasteiger partial charge in [-0.15, -0.1) is 0 Å². The number of carbonyl (C=O) groups excluding carboxylic acids is 1. The Morgan fingerprint density at radius 2 is 2.12 bits per heavy atom. The first-order chi connectivity index (χ1) is 7.57. The molecule has 0 aliphatic heterocycles. The van der Waals surface area contributed by atoms with Crippen molar-refractivity contribution in [1.82, 2.24) is 9.78 Å². The molecule has 0 aromatic carbocycles. The van der Waals surface area contributed by atoms with Gasteiger partial charge in [-0.2, -0.15) is 5.10 Å². The molecule has 0 spiro atoms. The first-order valence-electron chi connectivity index (χ1n) is 5.65. The number of hydrogen-bond donors (Lipinski definition) is 0. The Hall–Kier alpha value is -1.16. The molecular weight excluding hydrogens is 204 g/mol. The predicted octanol–water partition coefficient (Wildman–Crippen LogP) is 1.74. The molecule has 0 aliphatic carbocycles. The second-order valence-corrected chi connectivity index (χ2v) is 3.99. The molecule has 0 fully saturated rings. The van der Waals surface area contributed by atoms with E-state index in [1.54, 1.807) is 11.8 Å². The minimum atomic E-state index is -0.641. The number of hydrogen-bond acceptors (Lipinski definition) is 3. The molecule has 4 heteroatoms. The van der Waals surface area contributed by atoms with Gasteiger partial charge in [-0.05, 0) is 18.9 Å². The molecule has 0 saturated carbocycles. The second-order valence-electron chi connectivity index (χ2n) is 3.99. The molecule has 0 atom stereocenters. The zero-order valence-corrected chi connectivity index (χ0v) is 10.5. The van der Waals surface area contributed by atoms with E-state index in [0.29, 0.717) is 19.3 Å². The van der Waals surface area contributed by atoms with Crippen LogP contribution in [0.5, 0.6) is 0 Å². The van der Waals surface area contributed by atoms with E-state index in [1.165, 1.54) is 0 Å². The first-order valence-corrected chi connectivity index (χ1v) is 5.65. The average Bonchev–Trinajstić information content (AvgIpc) is 2.67. The Balaban J connectivity index is 2.77. The van der Waals surface area contributed by atoms with Gasteiger partial charge in [-0.25, -0.2) is 0 Å². The molecule has 1 rings (SSSR count). The van der Waals surface area contributed by atoms with Crippen molar-refractivity contribution in [2.24, 2.45) is 7.05 Å². The average molecular weight is 224 g/mol. The van der Waals surface area contributed by atoms with Crippen LogP contribution >= 0.6 is 0 Å². The Kier molecular flexibility index (Phi) is 4.24. The minimum Gasteiger partial charge on any atom is -0.370 e. The largest absolute Gasteiger partial charge is 0.370 e. The summed E-state index contributed by atoms with van der Waals surface area (Å²) in [6, 6.07) is 1.86. The fraction of sp³-hybridized carbons (Fsp3) is 0.667. The van der Waals surface area contributed by atoms with Crippen LogP contribution in [0.15, 0.2) is 12.3 Å². The van der Waals surface area contributed by atoms with Crippen LogP contribution in [-0.4, -0.2) is 28.3 Å². The summed E-state index contributed by atoms with van der Waals surface area (Å²) in [7, 11) is 3.44. The quantitative estimate of drug-likeness (QED) is 0.739. The smallest absolute Gasteiger partial charge is 0.170 e. The number of Topliss-reactive ketones (excluding diaryl/α,β-unsaturated/α-hetero) is 1. The van der Waals surface area contributed by atoms with E-state index in [4.69, 9.17) is 4.74 Å². The Morgan fingerprint density at radius 1 is 1.50 bits per heavy atom. The van der Waals surface area contributed by atoms with Gasteiger partial charge in [0, 0.05) is 20.4 Å². The van der Waals surface area contributed by atoms with Gasteiger partial charge in [-0.3, -0.25) is 9.48 Å². The third-order valence-corrected chi connectivity index (χ3v) is 3.15. The van der Waals surface area contributed by atoms with Crippen LogP contribution in [0.25, 0.3) is 0 Å².